The number of aromatic nitrogens is 1. The molecule has 3 heterocycles. The van der Waals surface area contributed by atoms with Gasteiger partial charge in [0, 0.05) is 68.4 Å². The van der Waals surface area contributed by atoms with Gasteiger partial charge in [0.1, 0.15) is 5.60 Å². The predicted molar refractivity (Wildman–Crippen MR) is 197 cm³/mol. The average molecular weight is 703 g/mol. The number of piperidine rings is 1. The molecule has 2 saturated heterocycles. The Morgan fingerprint density at radius 1 is 0.882 bits per heavy atom. The molecule has 278 valence electrons. The lowest BCUT2D eigenvalue weighted by molar-refractivity contribution is -0.163. The molecular formula is C41H58N4O6. The largest absolute Gasteiger partial charge is 0.444 e. The van der Waals surface area contributed by atoms with Crippen molar-refractivity contribution in [3.05, 3.63) is 58.5 Å². The number of benzene rings is 1. The summed E-state index contributed by atoms with van der Waals surface area (Å²) in [6, 6.07) is 11.0. The van der Waals surface area contributed by atoms with Crippen molar-refractivity contribution in [2.75, 3.05) is 39.3 Å². The molecule has 6 rings (SSSR count). The van der Waals surface area contributed by atoms with Crippen molar-refractivity contribution >= 4 is 17.9 Å². The van der Waals surface area contributed by atoms with E-state index in [4.69, 9.17) is 4.74 Å². The maximum atomic E-state index is 14.3. The fraction of sp³-hybridized carbons (Fsp3) is 0.659. The van der Waals surface area contributed by atoms with E-state index < -0.39 is 22.7 Å². The fourth-order valence-corrected chi connectivity index (χ4v) is 9.22. The van der Waals surface area contributed by atoms with Gasteiger partial charge in [-0.2, -0.15) is 0 Å². The Bertz CT molecular complexity index is 1610. The fourth-order valence-electron chi connectivity index (χ4n) is 9.22. The van der Waals surface area contributed by atoms with Crippen LogP contribution in [0, 0.1) is 17.3 Å². The number of ether oxygens (including phenoxy) is 1. The Balaban J connectivity index is 1.23. The van der Waals surface area contributed by atoms with Crippen LogP contribution in [0.15, 0.2) is 47.4 Å². The molecule has 51 heavy (non-hydrogen) atoms. The molecule has 3 amide bonds. The summed E-state index contributed by atoms with van der Waals surface area (Å²) in [6.07, 6.45) is 12.4. The highest BCUT2D eigenvalue weighted by atomic mass is 16.6. The van der Waals surface area contributed by atoms with Gasteiger partial charge in [0.05, 0.1) is 17.7 Å². The van der Waals surface area contributed by atoms with Crippen molar-refractivity contribution in [3.63, 3.8) is 0 Å². The van der Waals surface area contributed by atoms with Crippen molar-refractivity contribution in [1.29, 1.82) is 0 Å². The topological polar surface area (TPSA) is 112 Å². The zero-order valence-corrected chi connectivity index (χ0v) is 31.2. The SMILES string of the molecule is C[C@H](CC1CCCCC1)C(=O)N1CCC(O)(Cn2cc(C(=O)N3CCN(C(=O)OC(C)(C)C)CC3)c(-c3ccccc3)cc2=O)C2(CCCC2)C1. The Kier molecular flexibility index (Phi) is 11.0. The Morgan fingerprint density at radius 3 is 2.18 bits per heavy atom. The lowest BCUT2D eigenvalue weighted by Crippen LogP contribution is -2.62. The van der Waals surface area contributed by atoms with Crippen LogP contribution in [0.1, 0.15) is 109 Å². The van der Waals surface area contributed by atoms with Crippen LogP contribution in [0.5, 0.6) is 0 Å². The minimum absolute atomic E-state index is 0.0366. The van der Waals surface area contributed by atoms with Crippen LogP contribution in [0.25, 0.3) is 11.1 Å². The second kappa shape index (κ2) is 15.1. The molecule has 10 heteroatoms. The molecule has 2 saturated carbocycles. The van der Waals surface area contributed by atoms with Gasteiger partial charge in [0.15, 0.2) is 0 Å². The van der Waals surface area contributed by atoms with Crippen LogP contribution in [0.3, 0.4) is 0 Å². The van der Waals surface area contributed by atoms with Crippen molar-refractivity contribution in [2.24, 2.45) is 17.3 Å². The van der Waals surface area contributed by atoms with Crippen LogP contribution in [-0.2, 0) is 16.1 Å². The maximum absolute atomic E-state index is 14.3. The number of piperazine rings is 1. The smallest absolute Gasteiger partial charge is 0.410 e. The van der Waals surface area contributed by atoms with Crippen LogP contribution < -0.4 is 5.56 Å². The first-order chi connectivity index (χ1) is 24.3. The molecule has 10 nitrogen and oxygen atoms in total. The number of likely N-dealkylation sites (tertiary alicyclic amines) is 1. The zero-order chi connectivity index (χ0) is 36.4. The minimum Gasteiger partial charge on any atom is -0.444 e. The van der Waals surface area contributed by atoms with Gasteiger partial charge < -0.3 is 29.1 Å². The molecule has 1 unspecified atom stereocenters. The molecule has 4 aliphatic rings. The Morgan fingerprint density at radius 2 is 1.53 bits per heavy atom. The van der Waals surface area contributed by atoms with E-state index in [9.17, 15) is 24.3 Å². The zero-order valence-electron chi connectivity index (χ0n) is 31.2. The lowest BCUT2D eigenvalue weighted by atomic mass is 9.65. The summed E-state index contributed by atoms with van der Waals surface area (Å²) in [5.74, 6) is 0.557. The van der Waals surface area contributed by atoms with Gasteiger partial charge in [0.2, 0.25) is 5.91 Å². The monoisotopic (exact) mass is 702 g/mol. The number of amides is 3. The van der Waals surface area contributed by atoms with E-state index in [2.05, 4.69) is 6.92 Å². The molecule has 0 bridgehead atoms. The predicted octanol–water partition coefficient (Wildman–Crippen LogP) is 6.34. The number of carbonyl (C=O) groups excluding carboxylic acids is 3. The molecule has 2 aliphatic heterocycles. The van der Waals surface area contributed by atoms with Gasteiger partial charge in [-0.15, -0.1) is 0 Å². The summed E-state index contributed by atoms with van der Waals surface area (Å²) in [6.45, 7) is 9.95. The first-order valence-corrected chi connectivity index (χ1v) is 19.4. The Hall–Kier alpha value is -3.66. The van der Waals surface area contributed by atoms with Gasteiger partial charge in [-0.3, -0.25) is 14.4 Å². The highest BCUT2D eigenvalue weighted by Crippen LogP contribution is 2.52. The van der Waals surface area contributed by atoms with Crippen molar-refractivity contribution in [2.45, 2.75) is 116 Å². The van der Waals surface area contributed by atoms with E-state index in [1.807, 2.05) is 56.0 Å². The number of rotatable bonds is 7. The van der Waals surface area contributed by atoms with E-state index in [0.29, 0.717) is 62.7 Å². The molecule has 4 fully saturated rings. The van der Waals surface area contributed by atoms with Gasteiger partial charge in [0.25, 0.3) is 11.5 Å². The third-order valence-corrected chi connectivity index (χ3v) is 12.1. The number of carbonyl (C=O) groups is 3. The van der Waals surface area contributed by atoms with Crippen molar-refractivity contribution in [1.82, 2.24) is 19.3 Å². The lowest BCUT2D eigenvalue weighted by Gasteiger charge is -2.53. The normalized spacial score (nSPS) is 23.4. The van der Waals surface area contributed by atoms with Gasteiger partial charge in [-0.25, -0.2) is 4.79 Å². The minimum atomic E-state index is -1.20. The molecule has 2 atom stereocenters. The second-order valence-corrected chi connectivity index (χ2v) is 16.9. The Labute approximate surface area is 303 Å². The van der Waals surface area contributed by atoms with E-state index in [1.165, 1.54) is 42.7 Å². The van der Waals surface area contributed by atoms with Gasteiger partial charge in [-0.05, 0) is 57.9 Å². The number of hydrogen-bond acceptors (Lipinski definition) is 6. The van der Waals surface area contributed by atoms with Crippen molar-refractivity contribution in [3.8, 4) is 11.1 Å². The third kappa shape index (κ3) is 8.21. The second-order valence-electron chi connectivity index (χ2n) is 16.9. The summed E-state index contributed by atoms with van der Waals surface area (Å²) < 4.78 is 7.07. The van der Waals surface area contributed by atoms with Gasteiger partial charge >= 0.3 is 6.09 Å². The highest BCUT2D eigenvalue weighted by molar-refractivity contribution is 6.00. The quantitative estimate of drug-likeness (QED) is 0.361. The highest BCUT2D eigenvalue weighted by Gasteiger charge is 2.56. The molecule has 2 aromatic rings. The van der Waals surface area contributed by atoms with Gasteiger partial charge in [-0.1, -0.05) is 82.2 Å². The molecule has 0 radical (unpaired) electrons. The van der Waals surface area contributed by atoms with Crippen LogP contribution in [0.4, 0.5) is 4.79 Å². The third-order valence-electron chi connectivity index (χ3n) is 12.1. The average Bonchev–Trinajstić information content (AvgIpc) is 3.59. The molecule has 2 aliphatic carbocycles. The number of hydrogen-bond donors (Lipinski definition) is 1. The first-order valence-electron chi connectivity index (χ1n) is 19.4. The summed E-state index contributed by atoms with van der Waals surface area (Å²) in [5, 5.41) is 12.6. The summed E-state index contributed by atoms with van der Waals surface area (Å²) in [7, 11) is 0. The summed E-state index contributed by atoms with van der Waals surface area (Å²) in [5.41, 5.74) is -0.900. The molecule has 1 spiro atoms. The number of aliphatic hydroxyl groups is 1. The van der Waals surface area contributed by atoms with E-state index in [0.717, 1.165) is 37.7 Å². The molecule has 1 aromatic carbocycles. The van der Waals surface area contributed by atoms with Crippen LogP contribution >= 0.6 is 0 Å². The van der Waals surface area contributed by atoms with Crippen LogP contribution in [0.2, 0.25) is 0 Å². The van der Waals surface area contributed by atoms with Crippen LogP contribution in [-0.4, -0.2) is 92.8 Å². The number of pyridine rings is 1. The molecular weight excluding hydrogens is 644 g/mol. The summed E-state index contributed by atoms with van der Waals surface area (Å²) >= 11 is 0. The van der Waals surface area contributed by atoms with E-state index in [-0.39, 0.29) is 29.8 Å². The maximum Gasteiger partial charge on any atom is 0.410 e. The van der Waals surface area contributed by atoms with E-state index >= 15 is 0 Å². The van der Waals surface area contributed by atoms with Crippen molar-refractivity contribution < 1.29 is 24.2 Å². The standard InChI is InChI=1S/C41H58N4O6/c1-30(25-31-13-7-5-8-14-31)36(47)44-20-19-41(50,40(28-44)17-11-12-18-40)29-45-27-34(33(26-35(45)46)32-15-9-6-10-16-32)37(48)42-21-23-43(24-22-42)38(49)51-39(2,3)4/h6,9-10,15-16,26-27,30-31,50H,5,7-8,11-14,17-25,28-29H2,1-4H3/t30-,41?/m1/s1. The molecule has 1 N–H and O–H groups in total. The number of nitrogens with zero attached hydrogens (tertiary/aromatic N) is 4. The summed E-state index contributed by atoms with van der Waals surface area (Å²) in [4.78, 5) is 60.0. The molecule has 1 aromatic heterocycles. The first kappa shape index (κ1) is 37.1. The van der Waals surface area contributed by atoms with E-state index in [1.54, 1.807) is 16.0 Å².